The molecule has 1 aliphatic heterocycles. The molecule has 1 aromatic carbocycles. The molecule has 0 saturated heterocycles. The molecule has 0 radical (unpaired) electrons. The van der Waals surface area contributed by atoms with Crippen LogP contribution >= 0.6 is 0 Å². The third kappa shape index (κ3) is 2.18. The van der Waals surface area contributed by atoms with Crippen molar-refractivity contribution in [2.75, 3.05) is 6.54 Å². The normalized spacial score (nSPS) is 18.8. The van der Waals surface area contributed by atoms with Crippen LogP contribution in [0.4, 0.5) is 0 Å². The van der Waals surface area contributed by atoms with Crippen molar-refractivity contribution in [2.24, 2.45) is 7.05 Å². The van der Waals surface area contributed by atoms with Crippen molar-refractivity contribution in [2.45, 2.75) is 19.0 Å². The van der Waals surface area contributed by atoms with Crippen molar-refractivity contribution in [1.29, 1.82) is 0 Å². The monoisotopic (exact) mass is 272 g/mol. The van der Waals surface area contributed by atoms with E-state index in [9.17, 15) is 9.90 Å². The second kappa shape index (κ2) is 5.05. The van der Waals surface area contributed by atoms with Crippen molar-refractivity contribution >= 4 is 5.97 Å². The zero-order chi connectivity index (χ0) is 14.1. The maximum absolute atomic E-state index is 11.7. The Kier molecular flexibility index (Phi) is 3.23. The summed E-state index contributed by atoms with van der Waals surface area (Å²) in [7, 11) is 1.86. The Bertz CT molecular complexity index is 638. The van der Waals surface area contributed by atoms with Crippen LogP contribution in [0.25, 0.3) is 0 Å². The first-order chi connectivity index (χ1) is 9.66. The van der Waals surface area contributed by atoms with E-state index in [4.69, 9.17) is 0 Å². The molecule has 0 bridgehead atoms. The Labute approximate surface area is 116 Å². The van der Waals surface area contributed by atoms with Crippen LogP contribution in [0.3, 0.4) is 0 Å². The smallest absolute Gasteiger partial charge is 0.325 e. The highest BCUT2D eigenvalue weighted by Gasteiger charge is 2.33. The molecule has 1 aliphatic rings. The number of aromatic nitrogens is 3. The molecule has 1 aromatic heterocycles. The highest BCUT2D eigenvalue weighted by Crippen LogP contribution is 2.30. The highest BCUT2D eigenvalue weighted by atomic mass is 16.4. The second-order valence-electron chi connectivity index (χ2n) is 5.02. The average Bonchev–Trinajstić information content (AvgIpc) is 2.83. The molecule has 0 spiro atoms. The molecule has 0 aliphatic carbocycles. The van der Waals surface area contributed by atoms with E-state index in [1.54, 1.807) is 6.33 Å². The van der Waals surface area contributed by atoms with Crippen molar-refractivity contribution < 1.29 is 9.90 Å². The van der Waals surface area contributed by atoms with E-state index in [-0.39, 0.29) is 0 Å². The number of carbonyl (C=O) groups is 1. The van der Waals surface area contributed by atoms with Crippen LogP contribution < -0.4 is 0 Å². The predicted molar refractivity (Wildman–Crippen MR) is 71.9 cm³/mol. The first kappa shape index (κ1) is 12.8. The van der Waals surface area contributed by atoms with Gasteiger partial charge in [-0.25, -0.2) is 0 Å². The van der Waals surface area contributed by atoms with Crippen LogP contribution in [-0.4, -0.2) is 37.3 Å². The number of benzene rings is 1. The summed E-state index contributed by atoms with van der Waals surface area (Å²) >= 11 is 0. The minimum Gasteiger partial charge on any atom is -0.480 e. The lowest BCUT2D eigenvalue weighted by Crippen LogP contribution is -2.39. The Hall–Kier alpha value is -2.21. The Morgan fingerprint density at radius 2 is 2.25 bits per heavy atom. The van der Waals surface area contributed by atoms with E-state index in [0.717, 1.165) is 23.4 Å². The topological polar surface area (TPSA) is 71.2 Å². The molecule has 6 nitrogen and oxygen atoms in total. The van der Waals surface area contributed by atoms with E-state index in [1.165, 1.54) is 0 Å². The predicted octanol–water partition coefficient (Wildman–Crippen LogP) is 0.999. The van der Waals surface area contributed by atoms with Gasteiger partial charge < -0.3 is 9.67 Å². The van der Waals surface area contributed by atoms with E-state index < -0.39 is 12.0 Å². The van der Waals surface area contributed by atoms with Gasteiger partial charge in [-0.15, -0.1) is 10.2 Å². The van der Waals surface area contributed by atoms with Crippen molar-refractivity contribution in [1.82, 2.24) is 19.7 Å². The van der Waals surface area contributed by atoms with Crippen LogP contribution in [0.2, 0.25) is 0 Å². The number of hydrogen-bond acceptors (Lipinski definition) is 4. The van der Waals surface area contributed by atoms with Gasteiger partial charge in [-0.1, -0.05) is 24.3 Å². The van der Waals surface area contributed by atoms with Gasteiger partial charge >= 0.3 is 5.97 Å². The number of rotatable bonds is 3. The Balaban J connectivity index is 1.92. The summed E-state index contributed by atoms with van der Waals surface area (Å²) in [6, 6.07) is 7.13. The summed E-state index contributed by atoms with van der Waals surface area (Å²) in [4.78, 5) is 13.6. The van der Waals surface area contributed by atoms with Gasteiger partial charge in [-0.05, 0) is 17.5 Å². The van der Waals surface area contributed by atoms with Gasteiger partial charge in [0.1, 0.15) is 18.2 Å². The molecule has 2 aromatic rings. The fraction of sp³-hybridized carbons (Fsp3) is 0.357. The zero-order valence-electron chi connectivity index (χ0n) is 11.2. The largest absolute Gasteiger partial charge is 0.480 e. The maximum Gasteiger partial charge on any atom is 0.325 e. The fourth-order valence-corrected chi connectivity index (χ4v) is 2.71. The Morgan fingerprint density at radius 3 is 2.95 bits per heavy atom. The number of carboxylic acid groups (broad SMARTS) is 1. The molecule has 1 atom stereocenters. The van der Waals surface area contributed by atoms with Crippen LogP contribution in [0.5, 0.6) is 0 Å². The van der Waals surface area contributed by atoms with E-state index in [2.05, 4.69) is 10.2 Å². The molecular formula is C14H16N4O2. The summed E-state index contributed by atoms with van der Waals surface area (Å²) in [5.41, 5.74) is 2.00. The molecule has 20 heavy (non-hydrogen) atoms. The van der Waals surface area contributed by atoms with Crippen LogP contribution in [0, 0.1) is 0 Å². The van der Waals surface area contributed by atoms with Crippen molar-refractivity contribution in [3.63, 3.8) is 0 Å². The fourth-order valence-electron chi connectivity index (χ4n) is 2.71. The molecule has 1 N–H and O–H groups in total. The molecule has 0 fully saturated rings. The van der Waals surface area contributed by atoms with Gasteiger partial charge in [-0.3, -0.25) is 9.69 Å². The molecule has 0 saturated carbocycles. The van der Waals surface area contributed by atoms with E-state index >= 15 is 0 Å². The van der Waals surface area contributed by atoms with E-state index in [1.807, 2.05) is 40.8 Å². The molecule has 2 heterocycles. The summed E-state index contributed by atoms with van der Waals surface area (Å²) in [5, 5.41) is 17.4. The minimum absolute atomic E-state index is 0.488. The van der Waals surface area contributed by atoms with Crippen LogP contribution in [0.1, 0.15) is 23.0 Å². The van der Waals surface area contributed by atoms with Crippen LogP contribution in [-0.2, 0) is 24.8 Å². The summed E-state index contributed by atoms with van der Waals surface area (Å²) in [6.07, 6.45) is 2.49. The number of hydrogen-bond donors (Lipinski definition) is 1. The molecule has 3 rings (SSSR count). The molecule has 1 unspecified atom stereocenters. The van der Waals surface area contributed by atoms with Gasteiger partial charge in [0.2, 0.25) is 0 Å². The lowest BCUT2D eigenvalue weighted by molar-refractivity contribution is -0.144. The molecule has 0 amide bonds. The minimum atomic E-state index is -0.820. The van der Waals surface area contributed by atoms with Gasteiger partial charge in [0.05, 0.1) is 6.54 Å². The zero-order valence-corrected chi connectivity index (χ0v) is 11.2. The van der Waals surface area contributed by atoms with Gasteiger partial charge in [0.15, 0.2) is 0 Å². The first-order valence-corrected chi connectivity index (χ1v) is 6.54. The number of fused-ring (bicyclic) bond motifs is 1. The third-order valence-corrected chi connectivity index (χ3v) is 3.77. The maximum atomic E-state index is 11.7. The standard InChI is InChI=1S/C14H16N4O2/c1-17-9-15-16-12(17)8-18-7-6-10-4-2-3-5-11(10)13(18)14(19)20/h2-5,9,13H,6-8H2,1H3,(H,19,20). The number of carboxylic acids is 1. The summed E-state index contributed by atoms with van der Waals surface area (Å²) < 4.78 is 1.82. The molecular weight excluding hydrogens is 256 g/mol. The summed E-state index contributed by atoms with van der Waals surface area (Å²) in [6.45, 7) is 1.20. The molecule has 6 heteroatoms. The SMILES string of the molecule is Cn1cnnc1CN1CCc2ccccc2C1C(=O)O. The van der Waals surface area contributed by atoms with Crippen molar-refractivity contribution in [3.8, 4) is 0 Å². The van der Waals surface area contributed by atoms with Crippen LogP contribution in [0.15, 0.2) is 30.6 Å². The lowest BCUT2D eigenvalue weighted by atomic mass is 9.92. The Morgan fingerprint density at radius 1 is 1.45 bits per heavy atom. The van der Waals surface area contributed by atoms with Gasteiger partial charge in [0, 0.05) is 13.6 Å². The summed E-state index contributed by atoms with van der Waals surface area (Å²) in [5.74, 6) is -0.0463. The highest BCUT2D eigenvalue weighted by molar-refractivity contribution is 5.76. The van der Waals surface area contributed by atoms with Gasteiger partial charge in [0.25, 0.3) is 0 Å². The van der Waals surface area contributed by atoms with Crippen molar-refractivity contribution in [3.05, 3.63) is 47.5 Å². The number of aliphatic carboxylic acids is 1. The average molecular weight is 272 g/mol. The number of aryl methyl sites for hydroxylation is 1. The molecule has 104 valence electrons. The number of nitrogens with zero attached hydrogens (tertiary/aromatic N) is 4. The first-order valence-electron chi connectivity index (χ1n) is 6.54. The van der Waals surface area contributed by atoms with E-state index in [0.29, 0.717) is 13.1 Å². The third-order valence-electron chi connectivity index (χ3n) is 3.77. The second-order valence-corrected chi connectivity index (χ2v) is 5.02. The quantitative estimate of drug-likeness (QED) is 0.902. The van der Waals surface area contributed by atoms with Gasteiger partial charge in [-0.2, -0.15) is 0 Å². The lowest BCUT2D eigenvalue weighted by Gasteiger charge is -2.34.